The quantitative estimate of drug-likeness (QED) is 0.622. The van der Waals surface area contributed by atoms with Gasteiger partial charge in [0.2, 0.25) is 5.91 Å². The molecular formula is C9H19N3O. The first kappa shape index (κ1) is 10.5. The topological polar surface area (TPSA) is 35.6 Å². The Morgan fingerprint density at radius 2 is 2.31 bits per heavy atom. The zero-order chi connectivity index (χ0) is 9.84. The summed E-state index contributed by atoms with van der Waals surface area (Å²) < 4.78 is 0. The molecule has 0 spiro atoms. The first-order valence-corrected chi connectivity index (χ1v) is 4.76. The number of rotatable bonds is 2. The zero-order valence-electron chi connectivity index (χ0n) is 8.71. The van der Waals surface area contributed by atoms with Crippen molar-refractivity contribution in [2.45, 2.75) is 13.0 Å². The van der Waals surface area contributed by atoms with Gasteiger partial charge < -0.3 is 15.1 Å². The van der Waals surface area contributed by atoms with Crippen LogP contribution >= 0.6 is 0 Å². The molecule has 0 bridgehead atoms. The molecule has 0 aromatic rings. The van der Waals surface area contributed by atoms with E-state index in [1.54, 1.807) is 0 Å². The maximum Gasteiger partial charge on any atom is 0.237 e. The average Bonchev–Trinajstić information content (AvgIpc) is 2.03. The van der Waals surface area contributed by atoms with Gasteiger partial charge in [0.15, 0.2) is 0 Å². The van der Waals surface area contributed by atoms with Crippen LogP contribution in [0.3, 0.4) is 0 Å². The molecule has 0 aliphatic carbocycles. The molecule has 0 saturated carbocycles. The van der Waals surface area contributed by atoms with Crippen LogP contribution in [0.4, 0.5) is 0 Å². The SMILES string of the molecule is C[C@@H]1CNCCN1C(=O)CN(C)C. The van der Waals surface area contributed by atoms with Crippen molar-refractivity contribution in [1.82, 2.24) is 15.1 Å². The van der Waals surface area contributed by atoms with E-state index in [1.165, 1.54) is 0 Å². The predicted octanol–water partition coefficient (Wildman–Crippen LogP) is -0.632. The van der Waals surface area contributed by atoms with Gasteiger partial charge in [-0.3, -0.25) is 4.79 Å². The molecule has 1 heterocycles. The van der Waals surface area contributed by atoms with Gasteiger partial charge in [-0.05, 0) is 21.0 Å². The number of carbonyl (C=O) groups excluding carboxylic acids is 1. The fraction of sp³-hybridized carbons (Fsp3) is 0.889. The van der Waals surface area contributed by atoms with Crippen molar-refractivity contribution in [3.8, 4) is 0 Å². The van der Waals surface area contributed by atoms with E-state index in [0.717, 1.165) is 19.6 Å². The van der Waals surface area contributed by atoms with E-state index < -0.39 is 0 Å². The van der Waals surface area contributed by atoms with Crippen LogP contribution in [-0.2, 0) is 4.79 Å². The molecule has 1 atom stereocenters. The lowest BCUT2D eigenvalue weighted by atomic mass is 10.2. The number of hydrogen-bond acceptors (Lipinski definition) is 3. The van der Waals surface area contributed by atoms with Crippen molar-refractivity contribution in [3.63, 3.8) is 0 Å². The number of piperazine rings is 1. The molecule has 1 N–H and O–H groups in total. The van der Waals surface area contributed by atoms with Crippen LogP contribution in [0.1, 0.15) is 6.92 Å². The molecule has 1 aliphatic rings. The van der Waals surface area contributed by atoms with Crippen LogP contribution in [0.2, 0.25) is 0 Å². The van der Waals surface area contributed by atoms with Crippen molar-refractivity contribution in [2.24, 2.45) is 0 Å². The Labute approximate surface area is 79.9 Å². The van der Waals surface area contributed by atoms with Gasteiger partial charge in [0.25, 0.3) is 0 Å². The second-order valence-corrected chi connectivity index (χ2v) is 3.88. The number of likely N-dealkylation sites (N-methyl/N-ethyl adjacent to an activating group) is 1. The lowest BCUT2D eigenvalue weighted by Crippen LogP contribution is -2.54. The predicted molar refractivity (Wildman–Crippen MR) is 52.6 cm³/mol. The number of nitrogens with one attached hydrogen (secondary N) is 1. The average molecular weight is 185 g/mol. The molecule has 1 fully saturated rings. The smallest absolute Gasteiger partial charge is 0.237 e. The van der Waals surface area contributed by atoms with Gasteiger partial charge in [-0.2, -0.15) is 0 Å². The van der Waals surface area contributed by atoms with Gasteiger partial charge in [-0.15, -0.1) is 0 Å². The summed E-state index contributed by atoms with van der Waals surface area (Å²) >= 11 is 0. The highest BCUT2D eigenvalue weighted by Crippen LogP contribution is 2.02. The summed E-state index contributed by atoms with van der Waals surface area (Å²) in [4.78, 5) is 15.5. The zero-order valence-corrected chi connectivity index (χ0v) is 8.71. The monoisotopic (exact) mass is 185 g/mol. The van der Waals surface area contributed by atoms with Crippen molar-refractivity contribution in [3.05, 3.63) is 0 Å². The maximum atomic E-state index is 11.7. The molecule has 1 rings (SSSR count). The van der Waals surface area contributed by atoms with Gasteiger partial charge in [-0.25, -0.2) is 0 Å². The lowest BCUT2D eigenvalue weighted by Gasteiger charge is -2.34. The van der Waals surface area contributed by atoms with Crippen LogP contribution < -0.4 is 5.32 Å². The lowest BCUT2D eigenvalue weighted by molar-refractivity contribution is -0.134. The molecule has 0 unspecified atom stereocenters. The summed E-state index contributed by atoms with van der Waals surface area (Å²) in [6.07, 6.45) is 0. The summed E-state index contributed by atoms with van der Waals surface area (Å²) in [6.45, 7) is 5.28. The van der Waals surface area contributed by atoms with E-state index in [4.69, 9.17) is 0 Å². The Morgan fingerprint density at radius 1 is 1.62 bits per heavy atom. The molecule has 4 nitrogen and oxygen atoms in total. The van der Waals surface area contributed by atoms with E-state index in [1.807, 2.05) is 23.9 Å². The minimum atomic E-state index is 0.235. The molecule has 4 heteroatoms. The minimum absolute atomic E-state index is 0.235. The summed E-state index contributed by atoms with van der Waals surface area (Å²) in [6, 6.07) is 0.334. The molecule has 1 saturated heterocycles. The first-order valence-electron chi connectivity index (χ1n) is 4.76. The maximum absolute atomic E-state index is 11.7. The summed E-state index contributed by atoms with van der Waals surface area (Å²) in [5, 5.41) is 3.27. The van der Waals surface area contributed by atoms with Crippen molar-refractivity contribution in [1.29, 1.82) is 0 Å². The van der Waals surface area contributed by atoms with Crippen LogP contribution in [0.5, 0.6) is 0 Å². The van der Waals surface area contributed by atoms with Crippen molar-refractivity contribution in [2.75, 3.05) is 40.3 Å². The first-order chi connectivity index (χ1) is 6.11. The third kappa shape index (κ3) is 2.97. The van der Waals surface area contributed by atoms with Crippen molar-refractivity contribution < 1.29 is 4.79 Å². The number of carbonyl (C=O) groups is 1. The Kier molecular flexibility index (Phi) is 3.69. The largest absolute Gasteiger partial charge is 0.336 e. The number of nitrogens with zero attached hydrogens (tertiary/aromatic N) is 2. The normalized spacial score (nSPS) is 23.7. The fourth-order valence-corrected chi connectivity index (χ4v) is 1.57. The number of hydrogen-bond donors (Lipinski definition) is 1. The Bertz CT molecular complexity index is 182. The van der Waals surface area contributed by atoms with Crippen LogP contribution in [0, 0.1) is 0 Å². The van der Waals surface area contributed by atoms with Gasteiger partial charge in [-0.1, -0.05) is 0 Å². The molecule has 1 amide bonds. The third-order valence-electron chi connectivity index (χ3n) is 2.27. The van der Waals surface area contributed by atoms with Crippen molar-refractivity contribution >= 4 is 5.91 Å². The van der Waals surface area contributed by atoms with Crippen LogP contribution in [0.15, 0.2) is 0 Å². The van der Waals surface area contributed by atoms with Gasteiger partial charge in [0, 0.05) is 25.7 Å². The van der Waals surface area contributed by atoms with E-state index in [0.29, 0.717) is 12.6 Å². The molecule has 13 heavy (non-hydrogen) atoms. The van der Waals surface area contributed by atoms with Gasteiger partial charge >= 0.3 is 0 Å². The highest BCUT2D eigenvalue weighted by atomic mass is 16.2. The standard InChI is InChI=1S/C9H19N3O/c1-8-6-10-4-5-12(8)9(13)7-11(2)3/h8,10H,4-7H2,1-3H3/t8-/m1/s1. The van der Waals surface area contributed by atoms with Gasteiger partial charge in [0.1, 0.15) is 0 Å². The third-order valence-corrected chi connectivity index (χ3v) is 2.27. The number of amides is 1. The highest BCUT2D eigenvalue weighted by Gasteiger charge is 2.22. The summed E-state index contributed by atoms with van der Waals surface area (Å²) in [5.41, 5.74) is 0. The Hall–Kier alpha value is -0.610. The molecular weight excluding hydrogens is 166 g/mol. The molecule has 0 aromatic carbocycles. The van der Waals surface area contributed by atoms with E-state index in [2.05, 4.69) is 12.2 Å². The second-order valence-electron chi connectivity index (χ2n) is 3.88. The highest BCUT2D eigenvalue weighted by molar-refractivity contribution is 5.78. The molecule has 1 aliphatic heterocycles. The molecule has 0 radical (unpaired) electrons. The molecule has 76 valence electrons. The molecule has 0 aromatic heterocycles. The van der Waals surface area contributed by atoms with E-state index in [-0.39, 0.29) is 5.91 Å². The Morgan fingerprint density at radius 3 is 2.85 bits per heavy atom. The Balaban J connectivity index is 2.44. The second kappa shape index (κ2) is 4.58. The minimum Gasteiger partial charge on any atom is -0.336 e. The van der Waals surface area contributed by atoms with E-state index >= 15 is 0 Å². The summed E-state index contributed by atoms with van der Waals surface area (Å²) in [5.74, 6) is 0.235. The van der Waals surface area contributed by atoms with E-state index in [9.17, 15) is 4.79 Å². The van der Waals surface area contributed by atoms with Crippen LogP contribution in [0.25, 0.3) is 0 Å². The summed E-state index contributed by atoms with van der Waals surface area (Å²) in [7, 11) is 3.84. The fourth-order valence-electron chi connectivity index (χ4n) is 1.57. The van der Waals surface area contributed by atoms with Gasteiger partial charge in [0.05, 0.1) is 6.54 Å². The van der Waals surface area contributed by atoms with Crippen LogP contribution in [-0.4, -0.2) is 62.0 Å².